The van der Waals surface area contributed by atoms with Crippen LogP contribution in [0.25, 0.3) is 10.8 Å². The Labute approximate surface area is 122 Å². The highest BCUT2D eigenvalue weighted by atomic mass is 16.5. The molecule has 0 aliphatic rings. The van der Waals surface area contributed by atoms with Crippen molar-refractivity contribution in [3.05, 3.63) is 42.0 Å². The number of carbonyl (C=O) groups is 1. The molecule has 0 spiro atoms. The van der Waals surface area contributed by atoms with Gasteiger partial charge in [0.25, 0.3) is 5.91 Å². The molecule has 0 fully saturated rings. The first kappa shape index (κ1) is 14.8. The lowest BCUT2D eigenvalue weighted by Crippen LogP contribution is -2.29. The number of benzene rings is 2. The van der Waals surface area contributed by atoms with Gasteiger partial charge in [0, 0.05) is 10.9 Å². The van der Waals surface area contributed by atoms with Gasteiger partial charge >= 0.3 is 0 Å². The minimum atomic E-state index is -0.702. The number of carbonyl (C=O) groups excluding carboxylic acids is 1. The summed E-state index contributed by atoms with van der Waals surface area (Å²) in [5.41, 5.74) is 0.627. The zero-order valence-electron chi connectivity index (χ0n) is 11.7. The molecule has 0 aliphatic carbocycles. The number of fused-ring (bicyclic) bond motifs is 1. The van der Waals surface area contributed by atoms with E-state index in [-0.39, 0.29) is 19.1 Å². The lowest BCUT2D eigenvalue weighted by molar-refractivity contribution is -0.122. The Morgan fingerprint density at radius 1 is 1.38 bits per heavy atom. The highest BCUT2D eigenvalue weighted by Gasteiger charge is 2.14. The molecule has 0 saturated heterocycles. The first-order chi connectivity index (χ1) is 10.1. The third-order valence-corrected chi connectivity index (χ3v) is 3.07. The first-order valence-corrected chi connectivity index (χ1v) is 6.59. The summed E-state index contributed by atoms with van der Waals surface area (Å²) < 4.78 is 5.59. The molecule has 2 rings (SSSR count). The zero-order valence-corrected chi connectivity index (χ0v) is 11.7. The molecule has 0 heterocycles. The number of aliphatic hydroxyl groups is 1. The van der Waals surface area contributed by atoms with E-state index in [9.17, 15) is 9.90 Å². The lowest BCUT2D eigenvalue weighted by atomic mass is 10.0. The monoisotopic (exact) mass is 284 g/mol. The van der Waals surface area contributed by atoms with E-state index in [4.69, 9.17) is 10.00 Å². The van der Waals surface area contributed by atoms with E-state index in [0.29, 0.717) is 11.3 Å². The highest BCUT2D eigenvalue weighted by molar-refractivity contribution is 5.90. The first-order valence-electron chi connectivity index (χ1n) is 6.59. The molecule has 0 bridgehead atoms. The molecule has 0 aromatic heterocycles. The predicted octanol–water partition coefficient (Wildman–Crippen LogP) is 1.91. The number of hydrogen-bond donors (Lipinski definition) is 2. The van der Waals surface area contributed by atoms with Crippen molar-refractivity contribution >= 4 is 16.7 Å². The quantitative estimate of drug-likeness (QED) is 0.822. The van der Waals surface area contributed by atoms with E-state index in [1.165, 1.54) is 0 Å². The van der Waals surface area contributed by atoms with E-state index in [2.05, 4.69) is 5.32 Å². The largest absolute Gasteiger partial charge is 0.483 e. The fourth-order valence-electron chi connectivity index (χ4n) is 2.08. The summed E-state index contributed by atoms with van der Waals surface area (Å²) in [6.45, 7) is 1.39. The highest BCUT2D eigenvalue weighted by Crippen LogP contribution is 2.33. The summed E-state index contributed by atoms with van der Waals surface area (Å²) in [7, 11) is 0. The molecule has 2 aromatic carbocycles. The van der Waals surface area contributed by atoms with E-state index < -0.39 is 6.10 Å². The Bertz CT molecular complexity index is 689. The van der Waals surface area contributed by atoms with E-state index in [0.717, 1.165) is 10.8 Å². The van der Waals surface area contributed by atoms with Crippen LogP contribution < -0.4 is 10.1 Å². The molecular formula is C16H16N2O3. The molecule has 1 atom stereocenters. The minimum absolute atomic E-state index is 0.0546. The molecular weight excluding hydrogens is 268 g/mol. The average molecular weight is 284 g/mol. The van der Waals surface area contributed by atoms with Crippen molar-refractivity contribution in [2.24, 2.45) is 0 Å². The van der Waals surface area contributed by atoms with Crippen LogP contribution in [-0.2, 0) is 4.79 Å². The molecule has 1 amide bonds. The van der Waals surface area contributed by atoms with Crippen molar-refractivity contribution in [2.75, 3.05) is 13.2 Å². The van der Waals surface area contributed by atoms with Crippen molar-refractivity contribution in [1.82, 2.24) is 5.32 Å². The summed E-state index contributed by atoms with van der Waals surface area (Å²) in [4.78, 5) is 11.5. The molecule has 5 nitrogen and oxygen atoms in total. The fraction of sp³-hybridized carbons (Fsp3) is 0.250. The van der Waals surface area contributed by atoms with Crippen LogP contribution >= 0.6 is 0 Å². The Hall–Kier alpha value is -2.58. The second-order valence-corrected chi connectivity index (χ2v) is 4.60. The maximum absolute atomic E-state index is 11.5. The second kappa shape index (κ2) is 6.73. The molecule has 2 N–H and O–H groups in total. The smallest absolute Gasteiger partial charge is 0.258 e. The van der Waals surface area contributed by atoms with E-state index in [1.807, 2.05) is 36.4 Å². The van der Waals surface area contributed by atoms with Gasteiger partial charge in [-0.3, -0.25) is 4.79 Å². The van der Waals surface area contributed by atoms with Crippen molar-refractivity contribution in [3.8, 4) is 11.8 Å². The van der Waals surface area contributed by atoms with Gasteiger partial charge < -0.3 is 15.2 Å². The molecule has 0 saturated carbocycles. The average Bonchev–Trinajstić information content (AvgIpc) is 2.50. The number of ether oxygens (including phenoxy) is 1. The maximum atomic E-state index is 11.5. The van der Waals surface area contributed by atoms with Gasteiger partial charge in [-0.05, 0) is 12.3 Å². The standard InChI is InChI=1S/C16H16N2O3/c1-11(19)13-7-6-12-4-2-3-5-14(12)16(13)21-10-15(20)18-9-8-17/h2-7,11,19H,9-10H2,1H3,(H,18,20)/t11-/m1/s1. The van der Waals surface area contributed by atoms with Crippen molar-refractivity contribution in [2.45, 2.75) is 13.0 Å². The minimum Gasteiger partial charge on any atom is -0.483 e. The summed E-state index contributed by atoms with van der Waals surface area (Å²) in [5, 5.41) is 22.5. The number of nitrogens with zero attached hydrogens (tertiary/aromatic N) is 1. The third kappa shape index (κ3) is 3.50. The Kier molecular flexibility index (Phi) is 4.75. The third-order valence-electron chi connectivity index (χ3n) is 3.07. The second-order valence-electron chi connectivity index (χ2n) is 4.60. The normalized spacial score (nSPS) is 11.7. The molecule has 108 valence electrons. The Balaban J connectivity index is 2.29. The van der Waals surface area contributed by atoms with Gasteiger partial charge in [-0.2, -0.15) is 5.26 Å². The Morgan fingerprint density at radius 2 is 2.14 bits per heavy atom. The van der Waals surface area contributed by atoms with Crippen LogP contribution in [0.1, 0.15) is 18.6 Å². The molecule has 2 aromatic rings. The van der Waals surface area contributed by atoms with E-state index in [1.54, 1.807) is 13.0 Å². The summed E-state index contributed by atoms with van der Waals surface area (Å²) in [6.07, 6.45) is -0.702. The Morgan fingerprint density at radius 3 is 2.86 bits per heavy atom. The van der Waals surface area contributed by atoms with Crippen LogP contribution in [0, 0.1) is 11.3 Å². The predicted molar refractivity (Wildman–Crippen MR) is 78.7 cm³/mol. The number of hydrogen-bond acceptors (Lipinski definition) is 4. The van der Waals surface area contributed by atoms with Gasteiger partial charge in [0.2, 0.25) is 0 Å². The topological polar surface area (TPSA) is 82.3 Å². The number of aliphatic hydroxyl groups excluding tert-OH is 1. The van der Waals surface area contributed by atoms with E-state index >= 15 is 0 Å². The van der Waals surface area contributed by atoms with Gasteiger partial charge in [0.1, 0.15) is 12.3 Å². The maximum Gasteiger partial charge on any atom is 0.258 e. The van der Waals surface area contributed by atoms with Gasteiger partial charge in [-0.15, -0.1) is 0 Å². The summed E-state index contributed by atoms with van der Waals surface area (Å²) >= 11 is 0. The van der Waals surface area contributed by atoms with Gasteiger partial charge in [-0.25, -0.2) is 0 Å². The molecule has 0 unspecified atom stereocenters. The van der Waals surface area contributed by atoms with Gasteiger partial charge in [0.15, 0.2) is 6.61 Å². The molecule has 0 aliphatic heterocycles. The van der Waals surface area contributed by atoms with Gasteiger partial charge in [-0.1, -0.05) is 36.4 Å². The summed E-state index contributed by atoms with van der Waals surface area (Å²) in [5.74, 6) is 0.122. The fourth-order valence-corrected chi connectivity index (χ4v) is 2.08. The van der Waals surface area contributed by atoms with Crippen LogP contribution in [0.3, 0.4) is 0 Å². The van der Waals surface area contributed by atoms with Gasteiger partial charge in [0.05, 0.1) is 12.2 Å². The van der Waals surface area contributed by atoms with Crippen LogP contribution in [-0.4, -0.2) is 24.2 Å². The molecule has 0 radical (unpaired) electrons. The number of nitrogens with one attached hydrogen (secondary N) is 1. The van der Waals surface area contributed by atoms with Crippen molar-refractivity contribution in [3.63, 3.8) is 0 Å². The zero-order chi connectivity index (χ0) is 15.2. The number of nitriles is 1. The number of amides is 1. The molecule has 5 heteroatoms. The van der Waals surface area contributed by atoms with Crippen LogP contribution in [0.5, 0.6) is 5.75 Å². The number of rotatable bonds is 5. The molecule has 21 heavy (non-hydrogen) atoms. The SMILES string of the molecule is C[C@@H](O)c1ccc2ccccc2c1OCC(=O)NCC#N. The summed E-state index contributed by atoms with van der Waals surface area (Å²) in [6, 6.07) is 13.1. The van der Waals surface area contributed by atoms with Crippen molar-refractivity contribution < 1.29 is 14.6 Å². The van der Waals surface area contributed by atoms with Crippen LogP contribution in [0.15, 0.2) is 36.4 Å². The van der Waals surface area contributed by atoms with Crippen molar-refractivity contribution in [1.29, 1.82) is 5.26 Å². The lowest BCUT2D eigenvalue weighted by Gasteiger charge is -2.15. The van der Waals surface area contributed by atoms with Crippen LogP contribution in [0.4, 0.5) is 0 Å². The van der Waals surface area contributed by atoms with Crippen LogP contribution in [0.2, 0.25) is 0 Å².